The molecule has 0 heterocycles. The van der Waals surface area contributed by atoms with Crippen molar-refractivity contribution in [2.75, 3.05) is 0 Å². The van der Waals surface area contributed by atoms with Crippen LogP contribution >= 0.6 is 23.2 Å². The van der Waals surface area contributed by atoms with E-state index in [2.05, 4.69) is 10.6 Å². The van der Waals surface area contributed by atoms with Crippen molar-refractivity contribution in [3.8, 4) is 0 Å². The molecule has 8 heteroatoms. The third-order valence-electron chi connectivity index (χ3n) is 3.25. The third-order valence-corrected chi connectivity index (χ3v) is 3.75. The minimum atomic E-state index is -0.865. The van der Waals surface area contributed by atoms with Crippen LogP contribution in [0.15, 0.2) is 54.6 Å². The number of nitrogens with zero attached hydrogens (tertiary/aromatic N) is 1. The van der Waals surface area contributed by atoms with Crippen molar-refractivity contribution in [2.45, 2.75) is 17.5 Å². The van der Waals surface area contributed by atoms with E-state index in [1.54, 1.807) is 0 Å². The van der Waals surface area contributed by atoms with E-state index in [-0.39, 0.29) is 11.3 Å². The van der Waals surface area contributed by atoms with Gasteiger partial charge in [-0.1, -0.05) is 30.3 Å². The second kappa shape index (κ2) is 8.63. The zero-order chi connectivity index (χ0) is 17.5. The summed E-state index contributed by atoms with van der Waals surface area (Å²) in [5.41, 5.74) is 1.21. The molecule has 24 heavy (non-hydrogen) atoms. The number of nitro groups is 1. The van der Waals surface area contributed by atoms with Crippen molar-refractivity contribution in [2.24, 2.45) is 0 Å². The molecular weight excluding hydrogens is 353 g/mol. The monoisotopic (exact) mass is 367 g/mol. The van der Waals surface area contributed by atoms with Crippen molar-refractivity contribution >= 4 is 34.8 Å². The molecule has 0 spiro atoms. The molecule has 126 valence electrons. The first-order valence-electron chi connectivity index (χ1n) is 7.08. The number of non-ortho nitro benzene ring substituents is 1. The SMILES string of the molecule is O=C(NC(NCc1ccccc1)C(Cl)Cl)c1ccc([N+](=O)[O-])cc1. The summed E-state index contributed by atoms with van der Waals surface area (Å²) in [6, 6.07) is 14.8. The zero-order valence-corrected chi connectivity index (χ0v) is 14.0. The molecule has 0 aromatic heterocycles. The molecule has 1 atom stereocenters. The molecule has 0 aliphatic carbocycles. The molecule has 6 nitrogen and oxygen atoms in total. The predicted molar refractivity (Wildman–Crippen MR) is 93.1 cm³/mol. The topological polar surface area (TPSA) is 84.3 Å². The second-order valence-electron chi connectivity index (χ2n) is 4.96. The van der Waals surface area contributed by atoms with Crippen molar-refractivity contribution < 1.29 is 9.72 Å². The highest BCUT2D eigenvalue weighted by Crippen LogP contribution is 2.13. The first-order valence-corrected chi connectivity index (χ1v) is 7.95. The van der Waals surface area contributed by atoms with E-state index >= 15 is 0 Å². The van der Waals surface area contributed by atoms with Crippen molar-refractivity contribution in [3.63, 3.8) is 0 Å². The lowest BCUT2D eigenvalue weighted by Crippen LogP contribution is -2.49. The summed E-state index contributed by atoms with van der Waals surface area (Å²) in [5.74, 6) is -0.429. The van der Waals surface area contributed by atoms with Crippen LogP contribution in [-0.4, -0.2) is 21.8 Å². The van der Waals surface area contributed by atoms with Gasteiger partial charge >= 0.3 is 0 Å². The molecule has 2 aromatic rings. The molecule has 1 unspecified atom stereocenters. The van der Waals surface area contributed by atoms with Gasteiger partial charge in [0.05, 0.1) is 4.92 Å². The summed E-state index contributed by atoms with van der Waals surface area (Å²) >= 11 is 11.8. The van der Waals surface area contributed by atoms with Crippen LogP contribution in [-0.2, 0) is 6.54 Å². The molecule has 2 N–H and O–H groups in total. The predicted octanol–water partition coefficient (Wildman–Crippen LogP) is 3.24. The Morgan fingerprint density at radius 1 is 1.08 bits per heavy atom. The fourth-order valence-electron chi connectivity index (χ4n) is 1.99. The van der Waals surface area contributed by atoms with E-state index in [0.717, 1.165) is 5.56 Å². The number of nitro benzene ring substituents is 1. The van der Waals surface area contributed by atoms with Crippen LogP contribution in [0.1, 0.15) is 15.9 Å². The lowest BCUT2D eigenvalue weighted by atomic mass is 10.2. The quantitative estimate of drug-likeness (QED) is 0.340. The maximum atomic E-state index is 12.2. The summed E-state index contributed by atoms with van der Waals surface area (Å²) < 4.78 is 0. The number of hydrogen-bond acceptors (Lipinski definition) is 4. The normalized spacial score (nSPS) is 12.0. The summed E-state index contributed by atoms with van der Waals surface area (Å²) in [6.07, 6.45) is -0.670. The van der Waals surface area contributed by atoms with Crippen molar-refractivity contribution in [1.29, 1.82) is 0 Å². The highest BCUT2D eigenvalue weighted by Gasteiger charge is 2.20. The standard InChI is InChI=1S/C16H15Cl2N3O3/c17-14(18)15(19-10-11-4-2-1-3-5-11)20-16(22)12-6-8-13(9-7-12)21(23)24/h1-9,14-15,19H,10H2,(H,20,22). The lowest BCUT2D eigenvalue weighted by molar-refractivity contribution is -0.384. The summed E-state index contributed by atoms with van der Waals surface area (Å²) in [4.78, 5) is 21.4. The molecule has 0 saturated heterocycles. The van der Waals surface area contributed by atoms with Crippen LogP contribution in [0, 0.1) is 10.1 Å². The third kappa shape index (κ3) is 5.19. The number of amides is 1. The Balaban J connectivity index is 1.98. The molecule has 0 radical (unpaired) electrons. The number of hydrogen-bond donors (Lipinski definition) is 2. The maximum absolute atomic E-state index is 12.2. The fraction of sp³-hybridized carbons (Fsp3) is 0.188. The summed E-state index contributed by atoms with van der Waals surface area (Å²) in [6.45, 7) is 0.474. The van der Waals surface area contributed by atoms with Gasteiger partial charge in [-0.2, -0.15) is 0 Å². The average molecular weight is 368 g/mol. The van der Waals surface area contributed by atoms with Gasteiger partial charge in [0.15, 0.2) is 0 Å². The Morgan fingerprint density at radius 3 is 2.25 bits per heavy atom. The van der Waals surface area contributed by atoms with Gasteiger partial charge < -0.3 is 5.32 Å². The molecule has 1 amide bonds. The van der Waals surface area contributed by atoms with Gasteiger partial charge in [0, 0.05) is 24.2 Å². The summed E-state index contributed by atoms with van der Waals surface area (Å²) in [5, 5.41) is 16.4. The molecule has 0 aliphatic heterocycles. The first-order chi connectivity index (χ1) is 11.5. The van der Waals surface area contributed by atoms with Gasteiger partial charge in [-0.25, -0.2) is 0 Å². The number of benzene rings is 2. The van der Waals surface area contributed by atoms with Gasteiger partial charge in [-0.15, -0.1) is 23.2 Å². The number of alkyl halides is 2. The van der Waals surface area contributed by atoms with Gasteiger partial charge in [0.1, 0.15) is 11.0 Å². The molecular formula is C16H15Cl2N3O3. The Bertz CT molecular complexity index is 693. The number of carbonyl (C=O) groups is 1. The van der Waals surface area contributed by atoms with E-state index in [1.807, 2.05) is 30.3 Å². The smallest absolute Gasteiger partial charge is 0.269 e. The van der Waals surface area contributed by atoms with Gasteiger partial charge in [0.2, 0.25) is 0 Å². The molecule has 2 aromatic carbocycles. The minimum absolute atomic E-state index is 0.0853. The molecule has 0 bridgehead atoms. The zero-order valence-electron chi connectivity index (χ0n) is 12.5. The number of halogens is 2. The highest BCUT2D eigenvalue weighted by atomic mass is 35.5. The van der Waals surface area contributed by atoms with Crippen LogP contribution in [0.4, 0.5) is 5.69 Å². The van der Waals surface area contributed by atoms with Gasteiger partial charge in [-0.3, -0.25) is 20.2 Å². The Morgan fingerprint density at radius 2 is 1.71 bits per heavy atom. The van der Waals surface area contributed by atoms with E-state index < -0.39 is 21.8 Å². The first kappa shape index (κ1) is 18.2. The van der Waals surface area contributed by atoms with Crippen LogP contribution < -0.4 is 10.6 Å². The minimum Gasteiger partial charge on any atom is -0.334 e. The van der Waals surface area contributed by atoms with E-state index in [4.69, 9.17) is 23.2 Å². The largest absolute Gasteiger partial charge is 0.334 e. The van der Waals surface area contributed by atoms with E-state index in [9.17, 15) is 14.9 Å². The highest BCUT2D eigenvalue weighted by molar-refractivity contribution is 6.44. The van der Waals surface area contributed by atoms with Gasteiger partial charge in [-0.05, 0) is 17.7 Å². The summed E-state index contributed by atoms with van der Waals surface area (Å²) in [7, 11) is 0. The van der Waals surface area contributed by atoms with Crippen LogP contribution in [0.3, 0.4) is 0 Å². The van der Waals surface area contributed by atoms with Crippen LogP contribution in [0.2, 0.25) is 0 Å². The molecule has 0 saturated carbocycles. The van der Waals surface area contributed by atoms with E-state index in [0.29, 0.717) is 6.54 Å². The van der Waals surface area contributed by atoms with Crippen LogP contribution in [0.5, 0.6) is 0 Å². The average Bonchev–Trinajstić information content (AvgIpc) is 2.59. The molecule has 0 aliphatic rings. The molecule has 0 fully saturated rings. The number of rotatable bonds is 7. The number of nitrogens with one attached hydrogen (secondary N) is 2. The Kier molecular flexibility index (Phi) is 6.54. The Hall–Kier alpha value is -2.15. The van der Waals surface area contributed by atoms with Gasteiger partial charge in [0.25, 0.3) is 11.6 Å². The number of carbonyl (C=O) groups excluding carboxylic acids is 1. The van der Waals surface area contributed by atoms with Crippen molar-refractivity contribution in [3.05, 3.63) is 75.8 Å². The Labute approximate surface area is 148 Å². The second-order valence-corrected chi connectivity index (χ2v) is 6.12. The maximum Gasteiger partial charge on any atom is 0.269 e. The van der Waals surface area contributed by atoms with Crippen LogP contribution in [0.25, 0.3) is 0 Å². The lowest BCUT2D eigenvalue weighted by Gasteiger charge is -2.21. The van der Waals surface area contributed by atoms with E-state index in [1.165, 1.54) is 24.3 Å². The fourth-order valence-corrected chi connectivity index (χ4v) is 2.29. The van der Waals surface area contributed by atoms with Crippen molar-refractivity contribution in [1.82, 2.24) is 10.6 Å². The molecule has 2 rings (SSSR count).